The molecule has 0 atom stereocenters. The first-order valence-electron chi connectivity index (χ1n) is 6.42. The molecule has 18 heavy (non-hydrogen) atoms. The molecule has 1 spiro atoms. The summed E-state index contributed by atoms with van der Waals surface area (Å²) < 4.78 is 0. The lowest BCUT2D eigenvalue weighted by atomic mass is 9.93. The summed E-state index contributed by atoms with van der Waals surface area (Å²) in [5, 5.41) is 10.8. The summed E-state index contributed by atoms with van der Waals surface area (Å²) in [5.74, 6) is 0.358. The Morgan fingerprint density at radius 2 is 1.94 bits per heavy atom. The Balaban J connectivity index is 2.00. The quantitative estimate of drug-likeness (QED) is 0.819. The van der Waals surface area contributed by atoms with E-state index >= 15 is 0 Å². The van der Waals surface area contributed by atoms with Crippen LogP contribution in [0, 0.1) is 5.41 Å². The van der Waals surface area contributed by atoms with Gasteiger partial charge in [-0.1, -0.05) is 31.2 Å². The number of nitrogens with zero attached hydrogens (tertiary/aromatic N) is 1. The van der Waals surface area contributed by atoms with E-state index in [2.05, 4.69) is 24.4 Å². The molecule has 2 N–H and O–H groups in total. The molecule has 1 aliphatic heterocycles. The van der Waals surface area contributed by atoms with Crippen molar-refractivity contribution in [1.29, 1.82) is 5.41 Å². The van der Waals surface area contributed by atoms with Crippen LogP contribution in [0.4, 0.5) is 4.79 Å². The van der Waals surface area contributed by atoms with Crippen LogP contribution >= 0.6 is 0 Å². The lowest BCUT2D eigenvalue weighted by Gasteiger charge is -2.32. The van der Waals surface area contributed by atoms with E-state index in [1.54, 1.807) is 0 Å². The van der Waals surface area contributed by atoms with E-state index in [4.69, 9.17) is 5.41 Å². The van der Waals surface area contributed by atoms with Crippen molar-refractivity contribution in [2.45, 2.75) is 31.7 Å². The van der Waals surface area contributed by atoms with Crippen LogP contribution in [0.3, 0.4) is 0 Å². The molecule has 0 bridgehead atoms. The van der Waals surface area contributed by atoms with Crippen LogP contribution in [-0.2, 0) is 12.8 Å². The SMILES string of the molecule is CCCN1C(=O)NC(=N)C12Cc1ccccc1C2. The fraction of sp³-hybridized carbons (Fsp3) is 0.429. The summed E-state index contributed by atoms with van der Waals surface area (Å²) in [6.07, 6.45) is 2.44. The van der Waals surface area contributed by atoms with Crippen LogP contribution in [-0.4, -0.2) is 28.9 Å². The average molecular weight is 243 g/mol. The Morgan fingerprint density at radius 1 is 1.33 bits per heavy atom. The maximum absolute atomic E-state index is 12.0. The molecular weight excluding hydrogens is 226 g/mol. The van der Waals surface area contributed by atoms with Crippen LogP contribution in [0.5, 0.6) is 0 Å². The number of nitrogens with one attached hydrogen (secondary N) is 2. The molecule has 0 unspecified atom stereocenters. The summed E-state index contributed by atoms with van der Waals surface area (Å²) in [6.45, 7) is 2.77. The molecular formula is C14H17N3O. The third kappa shape index (κ3) is 1.38. The topological polar surface area (TPSA) is 56.2 Å². The normalized spacial score (nSPS) is 20.4. The number of rotatable bonds is 2. The molecule has 3 rings (SSSR count). The first kappa shape index (κ1) is 11.3. The van der Waals surface area contributed by atoms with Crippen LogP contribution in [0.25, 0.3) is 0 Å². The zero-order valence-corrected chi connectivity index (χ0v) is 10.5. The van der Waals surface area contributed by atoms with Gasteiger partial charge in [0.25, 0.3) is 0 Å². The third-order valence-corrected chi connectivity index (χ3v) is 3.99. The van der Waals surface area contributed by atoms with Gasteiger partial charge in [0.05, 0.1) is 0 Å². The van der Waals surface area contributed by atoms with E-state index in [1.165, 1.54) is 11.1 Å². The van der Waals surface area contributed by atoms with Crippen molar-refractivity contribution in [2.75, 3.05) is 6.54 Å². The fourth-order valence-electron chi connectivity index (χ4n) is 3.12. The summed E-state index contributed by atoms with van der Waals surface area (Å²) >= 11 is 0. The van der Waals surface area contributed by atoms with Gasteiger partial charge in [0.2, 0.25) is 0 Å². The molecule has 2 aliphatic rings. The van der Waals surface area contributed by atoms with E-state index in [-0.39, 0.29) is 6.03 Å². The zero-order chi connectivity index (χ0) is 12.8. The van der Waals surface area contributed by atoms with Crippen molar-refractivity contribution < 1.29 is 4.79 Å². The van der Waals surface area contributed by atoms with Crippen LogP contribution in [0.2, 0.25) is 0 Å². The second kappa shape index (κ2) is 3.83. The van der Waals surface area contributed by atoms with Crippen LogP contribution in [0.1, 0.15) is 24.5 Å². The van der Waals surface area contributed by atoms with Gasteiger partial charge in [-0.25, -0.2) is 4.79 Å². The van der Waals surface area contributed by atoms with Crippen molar-refractivity contribution in [3.63, 3.8) is 0 Å². The number of hydrogen-bond donors (Lipinski definition) is 2. The second-order valence-corrected chi connectivity index (χ2v) is 5.11. The lowest BCUT2D eigenvalue weighted by Crippen LogP contribution is -2.50. The molecule has 94 valence electrons. The molecule has 1 aromatic rings. The minimum absolute atomic E-state index is 0.116. The highest BCUT2D eigenvalue weighted by molar-refractivity contribution is 6.09. The Bertz CT molecular complexity index is 499. The molecule has 1 saturated heterocycles. The summed E-state index contributed by atoms with van der Waals surface area (Å²) in [5.41, 5.74) is 2.08. The number of fused-ring (bicyclic) bond motifs is 1. The number of carbonyl (C=O) groups is 1. The monoisotopic (exact) mass is 243 g/mol. The standard InChI is InChI=1S/C14H17N3O/c1-2-7-17-13(18)16-12(15)14(17)8-10-5-3-4-6-11(10)9-14/h3-6H,2,7-9H2,1H3,(H2,15,16,18). The molecule has 0 saturated carbocycles. The molecule has 1 heterocycles. The van der Waals surface area contributed by atoms with Gasteiger partial charge in [0, 0.05) is 19.4 Å². The van der Waals surface area contributed by atoms with Crippen molar-refractivity contribution in [2.24, 2.45) is 0 Å². The Hall–Kier alpha value is -1.84. The van der Waals surface area contributed by atoms with Crippen molar-refractivity contribution in [1.82, 2.24) is 10.2 Å². The second-order valence-electron chi connectivity index (χ2n) is 5.11. The van der Waals surface area contributed by atoms with Crippen molar-refractivity contribution in [3.05, 3.63) is 35.4 Å². The zero-order valence-electron chi connectivity index (χ0n) is 10.5. The van der Waals surface area contributed by atoms with Gasteiger partial charge in [-0.2, -0.15) is 0 Å². The molecule has 4 nitrogen and oxygen atoms in total. The van der Waals surface area contributed by atoms with Gasteiger partial charge in [0.15, 0.2) is 0 Å². The maximum atomic E-state index is 12.0. The number of amides is 2. The largest absolute Gasteiger partial charge is 0.323 e. The molecule has 0 radical (unpaired) electrons. The highest BCUT2D eigenvalue weighted by Gasteiger charge is 2.52. The molecule has 1 aliphatic carbocycles. The van der Waals surface area contributed by atoms with E-state index in [0.717, 1.165) is 19.3 Å². The fourth-order valence-corrected chi connectivity index (χ4v) is 3.12. The van der Waals surface area contributed by atoms with Crippen molar-refractivity contribution in [3.8, 4) is 0 Å². The summed E-state index contributed by atoms with van der Waals surface area (Å²) in [7, 11) is 0. The minimum Gasteiger partial charge on any atom is -0.311 e. The molecule has 1 aromatic carbocycles. The highest BCUT2D eigenvalue weighted by atomic mass is 16.2. The number of carbonyl (C=O) groups excluding carboxylic acids is 1. The van der Waals surface area contributed by atoms with E-state index in [1.807, 2.05) is 17.0 Å². The third-order valence-electron chi connectivity index (χ3n) is 3.99. The minimum atomic E-state index is -0.448. The average Bonchev–Trinajstić information content (AvgIpc) is 2.84. The van der Waals surface area contributed by atoms with E-state index < -0.39 is 5.54 Å². The predicted octanol–water partition coefficient (Wildman–Crippen LogP) is 1.94. The Kier molecular flexibility index (Phi) is 2.40. The number of benzene rings is 1. The van der Waals surface area contributed by atoms with E-state index in [0.29, 0.717) is 12.4 Å². The summed E-state index contributed by atoms with van der Waals surface area (Å²) in [4.78, 5) is 13.8. The summed E-state index contributed by atoms with van der Waals surface area (Å²) in [6, 6.07) is 8.13. The number of amidine groups is 1. The molecule has 2 amide bonds. The molecule has 1 fully saturated rings. The van der Waals surface area contributed by atoms with Gasteiger partial charge < -0.3 is 4.90 Å². The maximum Gasteiger partial charge on any atom is 0.323 e. The molecule has 0 aromatic heterocycles. The van der Waals surface area contributed by atoms with Gasteiger partial charge in [-0.3, -0.25) is 10.7 Å². The highest BCUT2D eigenvalue weighted by Crippen LogP contribution is 2.37. The van der Waals surface area contributed by atoms with Crippen molar-refractivity contribution >= 4 is 11.9 Å². The predicted molar refractivity (Wildman–Crippen MR) is 69.8 cm³/mol. The first-order chi connectivity index (χ1) is 8.67. The lowest BCUT2D eigenvalue weighted by molar-refractivity contribution is 0.176. The number of urea groups is 1. The van der Waals surface area contributed by atoms with Gasteiger partial charge in [0.1, 0.15) is 11.4 Å². The van der Waals surface area contributed by atoms with Gasteiger partial charge >= 0.3 is 6.03 Å². The van der Waals surface area contributed by atoms with E-state index in [9.17, 15) is 4.79 Å². The van der Waals surface area contributed by atoms with Gasteiger partial charge in [-0.15, -0.1) is 0 Å². The first-order valence-corrected chi connectivity index (χ1v) is 6.42. The number of hydrogen-bond acceptors (Lipinski definition) is 2. The Morgan fingerprint density at radius 3 is 2.50 bits per heavy atom. The Labute approximate surface area is 106 Å². The molecule has 4 heteroatoms. The van der Waals surface area contributed by atoms with Crippen LogP contribution < -0.4 is 5.32 Å². The van der Waals surface area contributed by atoms with Gasteiger partial charge in [-0.05, 0) is 17.5 Å². The van der Waals surface area contributed by atoms with Crippen LogP contribution in [0.15, 0.2) is 24.3 Å². The smallest absolute Gasteiger partial charge is 0.311 e.